The minimum Gasteiger partial charge on any atom is -0.312 e. The zero-order chi connectivity index (χ0) is 9.68. The van der Waals surface area contributed by atoms with Gasteiger partial charge in [0.05, 0.1) is 0 Å². The van der Waals surface area contributed by atoms with Gasteiger partial charge in [-0.25, -0.2) is 9.78 Å². The molecular weight excluding hydrogens is 166 g/mol. The van der Waals surface area contributed by atoms with Crippen molar-refractivity contribution >= 4 is 11.8 Å². The molecule has 0 aliphatic rings. The molecule has 4 nitrogen and oxygen atoms in total. The number of allylic oxidation sites excluding steroid dienone is 1. The predicted molar refractivity (Wildman–Crippen MR) is 51.2 cm³/mol. The van der Waals surface area contributed by atoms with Crippen molar-refractivity contribution in [1.82, 2.24) is 10.3 Å². The smallest absolute Gasteiger partial charge is 0.312 e. The van der Waals surface area contributed by atoms with Crippen LogP contribution >= 0.6 is 0 Å². The van der Waals surface area contributed by atoms with Crippen molar-refractivity contribution in [3.05, 3.63) is 36.7 Å². The van der Waals surface area contributed by atoms with E-state index in [2.05, 4.69) is 22.2 Å². The van der Waals surface area contributed by atoms with Gasteiger partial charge in [-0.15, -0.1) is 0 Å². The summed E-state index contributed by atoms with van der Waals surface area (Å²) in [6, 6.07) is 4.95. The Morgan fingerprint density at radius 2 is 2.31 bits per heavy atom. The first-order valence-corrected chi connectivity index (χ1v) is 3.83. The van der Waals surface area contributed by atoms with Gasteiger partial charge in [-0.1, -0.05) is 12.6 Å². The van der Waals surface area contributed by atoms with Gasteiger partial charge in [-0.3, -0.25) is 5.32 Å². The van der Waals surface area contributed by atoms with E-state index in [0.29, 0.717) is 11.5 Å². The van der Waals surface area contributed by atoms with Gasteiger partial charge in [0.2, 0.25) is 0 Å². The molecule has 0 radical (unpaired) electrons. The number of nitrogens with one attached hydrogen (secondary N) is 2. The minimum atomic E-state index is -0.328. The van der Waals surface area contributed by atoms with Gasteiger partial charge < -0.3 is 5.32 Å². The molecule has 0 spiro atoms. The number of anilines is 1. The lowest BCUT2D eigenvalue weighted by molar-refractivity contribution is 0.254. The standard InChI is InChI=1S/C9H11N3O/c1-7(2)11-9(13)12-8-5-3-4-6-10-8/h3-6H,1H2,2H3,(H2,10,11,12,13). The van der Waals surface area contributed by atoms with Gasteiger partial charge in [0.25, 0.3) is 0 Å². The number of nitrogens with zero attached hydrogens (tertiary/aromatic N) is 1. The molecule has 1 rings (SSSR count). The van der Waals surface area contributed by atoms with Crippen molar-refractivity contribution in [2.24, 2.45) is 0 Å². The second kappa shape index (κ2) is 4.25. The monoisotopic (exact) mass is 177 g/mol. The lowest BCUT2D eigenvalue weighted by Gasteiger charge is -2.04. The molecule has 0 aromatic carbocycles. The SMILES string of the molecule is C=C(C)NC(=O)Nc1ccccn1. The van der Waals surface area contributed by atoms with E-state index in [1.807, 2.05) is 0 Å². The van der Waals surface area contributed by atoms with Crippen molar-refractivity contribution in [2.75, 3.05) is 5.32 Å². The Hall–Kier alpha value is -1.84. The maximum atomic E-state index is 11.1. The summed E-state index contributed by atoms with van der Waals surface area (Å²) in [5, 5.41) is 5.06. The highest BCUT2D eigenvalue weighted by Gasteiger charge is 1.99. The molecular formula is C9H11N3O. The molecule has 0 aliphatic carbocycles. The Kier molecular flexibility index (Phi) is 3.03. The zero-order valence-electron chi connectivity index (χ0n) is 7.37. The first-order valence-electron chi connectivity index (χ1n) is 3.83. The molecule has 68 valence electrons. The summed E-state index contributed by atoms with van der Waals surface area (Å²) < 4.78 is 0. The molecule has 2 amide bonds. The molecule has 1 heterocycles. The third kappa shape index (κ3) is 3.37. The highest BCUT2D eigenvalue weighted by Crippen LogP contribution is 1.98. The molecule has 4 heteroatoms. The Balaban J connectivity index is 2.50. The highest BCUT2D eigenvalue weighted by atomic mass is 16.2. The Bertz CT molecular complexity index is 308. The van der Waals surface area contributed by atoms with E-state index in [0.717, 1.165) is 0 Å². The van der Waals surface area contributed by atoms with E-state index in [4.69, 9.17) is 0 Å². The fourth-order valence-corrected chi connectivity index (χ4v) is 0.778. The third-order valence-corrected chi connectivity index (χ3v) is 1.23. The normalized spacial score (nSPS) is 9.00. The summed E-state index contributed by atoms with van der Waals surface area (Å²) in [4.78, 5) is 15.0. The summed E-state index contributed by atoms with van der Waals surface area (Å²) in [5.41, 5.74) is 0.591. The number of aromatic nitrogens is 1. The quantitative estimate of drug-likeness (QED) is 0.722. The van der Waals surface area contributed by atoms with E-state index >= 15 is 0 Å². The van der Waals surface area contributed by atoms with E-state index in [9.17, 15) is 4.79 Å². The summed E-state index contributed by atoms with van der Waals surface area (Å²) >= 11 is 0. The highest BCUT2D eigenvalue weighted by molar-refractivity contribution is 5.89. The van der Waals surface area contributed by atoms with Crippen LogP contribution in [0.4, 0.5) is 10.6 Å². The van der Waals surface area contributed by atoms with Crippen molar-refractivity contribution in [2.45, 2.75) is 6.92 Å². The minimum absolute atomic E-state index is 0.328. The van der Waals surface area contributed by atoms with E-state index in [1.54, 1.807) is 31.3 Å². The number of rotatable bonds is 2. The lowest BCUT2D eigenvalue weighted by atomic mass is 10.5. The number of pyridine rings is 1. The summed E-state index contributed by atoms with van der Waals surface area (Å²) in [6.07, 6.45) is 1.61. The van der Waals surface area contributed by atoms with E-state index in [1.165, 1.54) is 0 Å². The molecule has 0 unspecified atom stereocenters. The van der Waals surface area contributed by atoms with Gasteiger partial charge in [0.15, 0.2) is 0 Å². The van der Waals surface area contributed by atoms with Crippen LogP contribution in [0.15, 0.2) is 36.7 Å². The predicted octanol–water partition coefficient (Wildman–Crippen LogP) is 1.74. The van der Waals surface area contributed by atoms with Crippen LogP contribution in [0.25, 0.3) is 0 Å². The van der Waals surface area contributed by atoms with Gasteiger partial charge in [0.1, 0.15) is 5.82 Å². The number of carbonyl (C=O) groups is 1. The fourth-order valence-electron chi connectivity index (χ4n) is 0.778. The zero-order valence-corrected chi connectivity index (χ0v) is 7.37. The average molecular weight is 177 g/mol. The van der Waals surface area contributed by atoms with Crippen LogP contribution in [-0.4, -0.2) is 11.0 Å². The largest absolute Gasteiger partial charge is 0.324 e. The lowest BCUT2D eigenvalue weighted by Crippen LogP contribution is -2.26. The van der Waals surface area contributed by atoms with Crippen molar-refractivity contribution < 1.29 is 4.79 Å². The van der Waals surface area contributed by atoms with Crippen molar-refractivity contribution in [3.63, 3.8) is 0 Å². The van der Waals surface area contributed by atoms with Crippen LogP contribution < -0.4 is 10.6 Å². The average Bonchev–Trinajstić information content (AvgIpc) is 2.04. The number of urea groups is 1. The van der Waals surface area contributed by atoms with Crippen LogP contribution in [0.5, 0.6) is 0 Å². The van der Waals surface area contributed by atoms with Gasteiger partial charge in [-0.2, -0.15) is 0 Å². The molecule has 0 fully saturated rings. The maximum absolute atomic E-state index is 11.1. The molecule has 0 bridgehead atoms. The molecule has 2 N–H and O–H groups in total. The number of carbonyl (C=O) groups excluding carboxylic acids is 1. The molecule has 0 saturated heterocycles. The molecule has 13 heavy (non-hydrogen) atoms. The van der Waals surface area contributed by atoms with Crippen LogP contribution in [0.3, 0.4) is 0 Å². The second-order valence-electron chi connectivity index (χ2n) is 2.57. The fraction of sp³-hybridized carbons (Fsp3) is 0.111. The molecule has 0 saturated carbocycles. The van der Waals surface area contributed by atoms with Crippen LogP contribution in [-0.2, 0) is 0 Å². The van der Waals surface area contributed by atoms with Crippen LogP contribution in [0, 0.1) is 0 Å². The van der Waals surface area contributed by atoms with Crippen LogP contribution in [0.2, 0.25) is 0 Å². The van der Waals surface area contributed by atoms with Crippen molar-refractivity contribution in [1.29, 1.82) is 0 Å². The van der Waals surface area contributed by atoms with Gasteiger partial charge >= 0.3 is 6.03 Å². The van der Waals surface area contributed by atoms with Gasteiger partial charge in [0, 0.05) is 11.9 Å². The first kappa shape index (κ1) is 9.25. The number of hydrogen-bond acceptors (Lipinski definition) is 2. The Morgan fingerprint density at radius 3 is 2.85 bits per heavy atom. The molecule has 1 aromatic rings. The second-order valence-corrected chi connectivity index (χ2v) is 2.57. The first-order chi connectivity index (χ1) is 6.18. The molecule has 1 aromatic heterocycles. The summed E-state index contributed by atoms with van der Waals surface area (Å²) in [7, 11) is 0. The van der Waals surface area contributed by atoms with E-state index < -0.39 is 0 Å². The summed E-state index contributed by atoms with van der Waals surface area (Å²) in [6.45, 7) is 5.25. The number of amides is 2. The Morgan fingerprint density at radius 1 is 1.54 bits per heavy atom. The number of hydrogen-bond donors (Lipinski definition) is 2. The Labute approximate surface area is 76.7 Å². The maximum Gasteiger partial charge on any atom is 0.324 e. The van der Waals surface area contributed by atoms with Gasteiger partial charge in [-0.05, 0) is 19.1 Å². The topological polar surface area (TPSA) is 54.0 Å². The molecule has 0 atom stereocenters. The molecule has 0 aliphatic heterocycles. The van der Waals surface area contributed by atoms with E-state index in [-0.39, 0.29) is 6.03 Å². The van der Waals surface area contributed by atoms with Crippen molar-refractivity contribution in [3.8, 4) is 0 Å². The summed E-state index contributed by atoms with van der Waals surface area (Å²) in [5.74, 6) is 0.515. The van der Waals surface area contributed by atoms with Crippen LogP contribution in [0.1, 0.15) is 6.92 Å². The third-order valence-electron chi connectivity index (χ3n) is 1.23.